The molecule has 2 aliphatic rings. The molecule has 7 heteroatoms. The quantitative estimate of drug-likeness (QED) is 0.760. The lowest BCUT2D eigenvalue weighted by atomic mass is 9.84. The van der Waals surface area contributed by atoms with Crippen molar-refractivity contribution in [1.82, 2.24) is 5.32 Å². The molecule has 0 bridgehead atoms. The zero-order chi connectivity index (χ0) is 18.6. The molecular weight excluding hydrogens is 354 g/mol. The van der Waals surface area contributed by atoms with Crippen molar-refractivity contribution in [2.24, 2.45) is 11.8 Å². The summed E-state index contributed by atoms with van der Waals surface area (Å²) in [6.45, 7) is 1.57. The Morgan fingerprint density at radius 2 is 2.04 bits per heavy atom. The fourth-order valence-corrected chi connectivity index (χ4v) is 4.73. The second kappa shape index (κ2) is 8.16. The number of methoxy groups -OCH3 is 1. The molecule has 1 N–H and O–H groups in total. The van der Waals surface area contributed by atoms with Crippen molar-refractivity contribution in [2.75, 3.05) is 26.8 Å². The summed E-state index contributed by atoms with van der Waals surface area (Å²) in [5.41, 5.74) is 0. The third-order valence-corrected chi connectivity index (χ3v) is 6.60. The summed E-state index contributed by atoms with van der Waals surface area (Å²) in [5, 5.41) is 3.31. The molecule has 1 heterocycles. The van der Waals surface area contributed by atoms with Gasteiger partial charge in [0.15, 0.2) is 0 Å². The van der Waals surface area contributed by atoms with Crippen LogP contribution in [-0.4, -0.2) is 47.3 Å². The number of hydrogen-bond acceptors (Lipinski definition) is 6. The van der Waals surface area contributed by atoms with Crippen molar-refractivity contribution in [2.45, 2.75) is 17.4 Å². The lowest BCUT2D eigenvalue weighted by Gasteiger charge is -2.30. The molecule has 1 aromatic rings. The number of hydrogen-bond donors (Lipinski definition) is 1. The molecule has 1 saturated heterocycles. The topological polar surface area (TPSA) is 81.7 Å². The van der Waals surface area contributed by atoms with Gasteiger partial charge < -0.3 is 14.8 Å². The lowest BCUT2D eigenvalue weighted by Crippen LogP contribution is -2.33. The average Bonchev–Trinajstić information content (AvgIpc) is 3.21. The molecule has 1 fully saturated rings. The summed E-state index contributed by atoms with van der Waals surface area (Å²) < 4.78 is 36.1. The zero-order valence-electron chi connectivity index (χ0n) is 14.6. The largest absolute Gasteiger partial charge is 0.467 e. The normalized spacial score (nSPS) is 25.7. The van der Waals surface area contributed by atoms with Crippen LogP contribution in [-0.2, 0) is 24.1 Å². The Morgan fingerprint density at radius 3 is 2.69 bits per heavy atom. The van der Waals surface area contributed by atoms with Gasteiger partial charge in [-0.15, -0.1) is 0 Å². The number of carbonyl (C=O) groups is 1. The van der Waals surface area contributed by atoms with E-state index in [0.29, 0.717) is 5.92 Å². The first-order valence-electron chi connectivity index (χ1n) is 8.61. The first kappa shape index (κ1) is 18.8. The van der Waals surface area contributed by atoms with Crippen LogP contribution in [0, 0.1) is 11.8 Å². The zero-order valence-corrected chi connectivity index (χ0v) is 15.4. The summed E-state index contributed by atoms with van der Waals surface area (Å²) in [4.78, 5) is 11.9. The van der Waals surface area contributed by atoms with Gasteiger partial charge >= 0.3 is 5.97 Å². The van der Waals surface area contributed by atoms with E-state index in [1.165, 1.54) is 7.11 Å². The lowest BCUT2D eigenvalue weighted by molar-refractivity contribution is -0.148. The number of esters is 1. The maximum absolute atomic E-state index is 12.9. The fraction of sp³-hybridized carbons (Fsp3) is 0.421. The van der Waals surface area contributed by atoms with Gasteiger partial charge in [0.05, 0.1) is 23.0 Å². The summed E-state index contributed by atoms with van der Waals surface area (Å²) in [7, 11) is -2.33. The number of nitrogens with one attached hydrogen (secondary N) is 1. The van der Waals surface area contributed by atoms with Gasteiger partial charge in [-0.05, 0) is 49.7 Å². The predicted octanol–water partition coefficient (Wildman–Crippen LogP) is 1.70. The Bertz CT molecular complexity index is 794. The molecule has 3 atom stereocenters. The van der Waals surface area contributed by atoms with Crippen LogP contribution in [0.25, 0.3) is 0 Å². The van der Waals surface area contributed by atoms with Gasteiger partial charge in [0.1, 0.15) is 6.61 Å². The van der Waals surface area contributed by atoms with Crippen molar-refractivity contribution in [3.05, 3.63) is 53.5 Å². The van der Waals surface area contributed by atoms with Gasteiger partial charge in [-0.25, -0.2) is 13.2 Å². The summed E-state index contributed by atoms with van der Waals surface area (Å²) >= 11 is 0. The van der Waals surface area contributed by atoms with Crippen LogP contribution < -0.4 is 5.32 Å². The van der Waals surface area contributed by atoms with Gasteiger partial charge in [-0.2, -0.15) is 0 Å². The monoisotopic (exact) mass is 377 g/mol. The van der Waals surface area contributed by atoms with Crippen molar-refractivity contribution in [1.29, 1.82) is 0 Å². The van der Waals surface area contributed by atoms with E-state index in [4.69, 9.17) is 4.74 Å². The minimum absolute atomic E-state index is 0.0179. The summed E-state index contributed by atoms with van der Waals surface area (Å²) in [6.07, 6.45) is 5.67. The summed E-state index contributed by atoms with van der Waals surface area (Å²) in [6, 6.07) is 8.30. The minimum Gasteiger partial charge on any atom is -0.467 e. The highest BCUT2D eigenvalue weighted by atomic mass is 32.2. The highest BCUT2D eigenvalue weighted by Gasteiger charge is 2.34. The second-order valence-electron chi connectivity index (χ2n) is 6.43. The Labute approximate surface area is 153 Å². The average molecular weight is 377 g/mol. The highest BCUT2D eigenvalue weighted by molar-refractivity contribution is 7.95. The third kappa shape index (κ3) is 4.06. The molecule has 1 aliphatic heterocycles. The molecule has 0 aromatic heterocycles. The van der Waals surface area contributed by atoms with E-state index in [1.54, 1.807) is 42.5 Å². The number of ether oxygens (including phenoxy) is 2. The number of sulfone groups is 1. The Morgan fingerprint density at radius 1 is 1.27 bits per heavy atom. The third-order valence-electron chi connectivity index (χ3n) is 4.82. The number of allylic oxidation sites excluding steroid dienone is 1. The van der Waals surface area contributed by atoms with Crippen molar-refractivity contribution in [3.8, 4) is 0 Å². The van der Waals surface area contributed by atoms with E-state index >= 15 is 0 Å². The van der Waals surface area contributed by atoms with E-state index in [2.05, 4.69) is 10.1 Å². The SMILES string of the molecule is COC(=O)COC1C=C(S(=O)(=O)c2ccccc2)C=CC1[C@@H]1CCNC1. The van der Waals surface area contributed by atoms with Gasteiger partial charge in [0.25, 0.3) is 0 Å². The Balaban J connectivity index is 1.86. The van der Waals surface area contributed by atoms with Crippen molar-refractivity contribution >= 4 is 15.8 Å². The molecule has 2 unspecified atom stereocenters. The predicted molar refractivity (Wildman–Crippen MR) is 97.1 cm³/mol. The molecule has 6 nitrogen and oxygen atoms in total. The number of rotatable bonds is 6. The molecule has 0 spiro atoms. The Hall–Kier alpha value is -1.96. The first-order chi connectivity index (χ1) is 12.5. The van der Waals surface area contributed by atoms with Gasteiger partial charge in [0, 0.05) is 5.92 Å². The molecule has 3 rings (SSSR count). The highest BCUT2D eigenvalue weighted by Crippen LogP contribution is 2.33. The van der Waals surface area contributed by atoms with Crippen molar-refractivity contribution < 1.29 is 22.7 Å². The van der Waals surface area contributed by atoms with Crippen LogP contribution in [0.15, 0.2) is 58.4 Å². The molecular formula is C19H23NO5S. The van der Waals surface area contributed by atoms with E-state index in [9.17, 15) is 13.2 Å². The molecule has 26 heavy (non-hydrogen) atoms. The van der Waals surface area contributed by atoms with E-state index in [0.717, 1.165) is 19.5 Å². The maximum atomic E-state index is 12.9. The van der Waals surface area contributed by atoms with Gasteiger partial charge in [-0.1, -0.05) is 24.3 Å². The van der Waals surface area contributed by atoms with Crippen LogP contribution in [0.1, 0.15) is 6.42 Å². The number of carbonyl (C=O) groups excluding carboxylic acids is 1. The summed E-state index contributed by atoms with van der Waals surface area (Å²) in [5.74, 6) is -0.126. The van der Waals surface area contributed by atoms with Crippen LogP contribution in [0.5, 0.6) is 0 Å². The van der Waals surface area contributed by atoms with Crippen LogP contribution >= 0.6 is 0 Å². The second-order valence-corrected chi connectivity index (χ2v) is 8.38. The number of benzene rings is 1. The van der Waals surface area contributed by atoms with E-state index in [-0.39, 0.29) is 22.3 Å². The molecule has 0 radical (unpaired) electrons. The molecule has 1 aliphatic carbocycles. The van der Waals surface area contributed by atoms with Crippen LogP contribution in [0.2, 0.25) is 0 Å². The van der Waals surface area contributed by atoms with E-state index in [1.807, 2.05) is 6.08 Å². The Kier molecular flexibility index (Phi) is 5.90. The molecule has 140 valence electrons. The van der Waals surface area contributed by atoms with Gasteiger partial charge in [-0.3, -0.25) is 0 Å². The first-order valence-corrected chi connectivity index (χ1v) is 10.1. The van der Waals surface area contributed by atoms with Crippen molar-refractivity contribution in [3.63, 3.8) is 0 Å². The van der Waals surface area contributed by atoms with Crippen LogP contribution in [0.3, 0.4) is 0 Å². The van der Waals surface area contributed by atoms with Gasteiger partial charge in [0.2, 0.25) is 9.84 Å². The molecule has 0 amide bonds. The maximum Gasteiger partial charge on any atom is 0.331 e. The molecule has 0 saturated carbocycles. The minimum atomic E-state index is -3.62. The fourth-order valence-electron chi connectivity index (χ4n) is 3.37. The van der Waals surface area contributed by atoms with E-state index < -0.39 is 21.9 Å². The smallest absolute Gasteiger partial charge is 0.331 e. The van der Waals surface area contributed by atoms with Crippen LogP contribution in [0.4, 0.5) is 0 Å². The molecule has 1 aromatic carbocycles. The standard InChI is InChI=1S/C19H23NO5S/c1-24-19(21)13-25-18-11-16(7-8-17(18)14-9-10-20-12-14)26(22,23)15-5-3-2-4-6-15/h2-8,11,14,17-18,20H,9-10,12-13H2,1H3/t14-,17?,18?/m1/s1.